The van der Waals surface area contributed by atoms with Crippen molar-refractivity contribution in [1.29, 1.82) is 0 Å². The molecular formula is C13H13NO3. The van der Waals surface area contributed by atoms with Crippen molar-refractivity contribution in [3.05, 3.63) is 41.6 Å². The number of hydrogen-bond donors (Lipinski definition) is 2. The molecule has 2 aromatic rings. The van der Waals surface area contributed by atoms with E-state index in [2.05, 4.69) is 4.98 Å². The largest absolute Gasteiger partial charge is 0.479 e. The van der Waals surface area contributed by atoms with Gasteiger partial charge in [-0.15, -0.1) is 0 Å². The Bertz CT molecular complexity index is 566. The van der Waals surface area contributed by atoms with E-state index in [0.29, 0.717) is 0 Å². The fourth-order valence-corrected chi connectivity index (χ4v) is 1.71. The van der Waals surface area contributed by atoms with Crippen LogP contribution in [-0.2, 0) is 11.2 Å². The molecular weight excluding hydrogens is 218 g/mol. The van der Waals surface area contributed by atoms with E-state index in [1.807, 2.05) is 31.2 Å². The fourth-order valence-electron chi connectivity index (χ4n) is 1.71. The Morgan fingerprint density at radius 2 is 2.12 bits per heavy atom. The third-order valence-corrected chi connectivity index (χ3v) is 2.61. The minimum Gasteiger partial charge on any atom is -0.479 e. The fraction of sp³-hybridized carbons (Fsp3) is 0.231. The van der Waals surface area contributed by atoms with Gasteiger partial charge in [0.2, 0.25) is 0 Å². The molecule has 17 heavy (non-hydrogen) atoms. The van der Waals surface area contributed by atoms with Gasteiger partial charge in [-0.1, -0.05) is 12.1 Å². The maximum absolute atomic E-state index is 10.5. The highest BCUT2D eigenvalue weighted by Crippen LogP contribution is 2.16. The Hall–Kier alpha value is -1.94. The molecule has 0 aliphatic rings. The monoisotopic (exact) mass is 231 g/mol. The van der Waals surface area contributed by atoms with Crippen LogP contribution in [0.4, 0.5) is 0 Å². The molecule has 0 amide bonds. The zero-order chi connectivity index (χ0) is 12.4. The summed E-state index contributed by atoms with van der Waals surface area (Å²) in [5.41, 5.74) is 2.60. The number of carbonyl (C=O) groups is 1. The number of aromatic nitrogens is 1. The van der Waals surface area contributed by atoms with Crippen LogP contribution in [-0.4, -0.2) is 27.3 Å². The number of aryl methyl sites for hydroxylation is 1. The highest BCUT2D eigenvalue weighted by Gasteiger charge is 2.13. The van der Waals surface area contributed by atoms with Crippen molar-refractivity contribution >= 4 is 16.9 Å². The molecule has 1 aromatic heterocycles. The first-order valence-corrected chi connectivity index (χ1v) is 5.33. The predicted octanol–water partition coefficient (Wildman–Crippen LogP) is 1.53. The lowest BCUT2D eigenvalue weighted by atomic mass is 10.0. The van der Waals surface area contributed by atoms with Crippen molar-refractivity contribution in [2.45, 2.75) is 19.4 Å². The molecule has 0 aliphatic heterocycles. The molecule has 0 bridgehead atoms. The van der Waals surface area contributed by atoms with Crippen LogP contribution in [0.15, 0.2) is 30.3 Å². The molecule has 0 saturated heterocycles. The van der Waals surface area contributed by atoms with Gasteiger partial charge in [0.15, 0.2) is 6.10 Å². The van der Waals surface area contributed by atoms with Gasteiger partial charge in [-0.05, 0) is 30.7 Å². The molecule has 4 nitrogen and oxygen atoms in total. The number of pyridine rings is 1. The number of hydrogen-bond acceptors (Lipinski definition) is 3. The van der Waals surface area contributed by atoms with Crippen LogP contribution in [0.1, 0.15) is 11.3 Å². The van der Waals surface area contributed by atoms with E-state index >= 15 is 0 Å². The van der Waals surface area contributed by atoms with Crippen LogP contribution in [0.25, 0.3) is 10.9 Å². The molecule has 1 aromatic carbocycles. The zero-order valence-electron chi connectivity index (χ0n) is 9.42. The number of fused-ring (bicyclic) bond motifs is 1. The first-order valence-electron chi connectivity index (χ1n) is 5.33. The topological polar surface area (TPSA) is 70.4 Å². The maximum atomic E-state index is 10.5. The lowest BCUT2D eigenvalue weighted by Gasteiger charge is -2.06. The second kappa shape index (κ2) is 4.51. The lowest BCUT2D eigenvalue weighted by Crippen LogP contribution is -2.21. The van der Waals surface area contributed by atoms with E-state index < -0.39 is 12.1 Å². The minimum atomic E-state index is -1.36. The molecule has 4 heteroatoms. The molecule has 1 atom stereocenters. The van der Waals surface area contributed by atoms with E-state index in [-0.39, 0.29) is 6.42 Å². The molecule has 2 rings (SSSR count). The van der Waals surface area contributed by atoms with Gasteiger partial charge in [0.05, 0.1) is 5.52 Å². The van der Waals surface area contributed by atoms with Crippen LogP contribution in [0.2, 0.25) is 0 Å². The first kappa shape index (κ1) is 11.5. The Morgan fingerprint density at radius 1 is 1.35 bits per heavy atom. The Morgan fingerprint density at radius 3 is 2.82 bits per heavy atom. The Kier molecular flexibility index (Phi) is 3.06. The third-order valence-electron chi connectivity index (χ3n) is 2.61. The summed E-state index contributed by atoms with van der Waals surface area (Å²) in [4.78, 5) is 14.9. The predicted molar refractivity (Wildman–Crippen MR) is 63.8 cm³/mol. The molecule has 1 unspecified atom stereocenters. The van der Waals surface area contributed by atoms with Crippen LogP contribution >= 0.6 is 0 Å². The average Bonchev–Trinajstić information content (AvgIpc) is 2.29. The maximum Gasteiger partial charge on any atom is 0.332 e. The van der Waals surface area contributed by atoms with Crippen LogP contribution in [0.5, 0.6) is 0 Å². The average molecular weight is 231 g/mol. The Labute approximate surface area is 98.5 Å². The van der Waals surface area contributed by atoms with Crippen molar-refractivity contribution in [1.82, 2.24) is 4.98 Å². The van der Waals surface area contributed by atoms with Gasteiger partial charge in [0.1, 0.15) is 0 Å². The van der Waals surface area contributed by atoms with Crippen molar-refractivity contribution in [3.63, 3.8) is 0 Å². The van der Waals surface area contributed by atoms with E-state index in [0.717, 1.165) is 22.2 Å². The molecule has 2 N–H and O–H groups in total. The standard InChI is InChI=1S/C13H13NO3/c1-8-2-4-10-6-9(3-5-11(10)14-8)7-12(15)13(16)17/h2-6,12,15H,7H2,1H3,(H,16,17). The molecule has 0 saturated carbocycles. The number of aliphatic hydroxyl groups is 1. The number of carboxylic acid groups (broad SMARTS) is 1. The molecule has 1 heterocycles. The van der Waals surface area contributed by atoms with Crippen LogP contribution < -0.4 is 0 Å². The van der Waals surface area contributed by atoms with Gasteiger partial charge in [-0.3, -0.25) is 4.98 Å². The van der Waals surface area contributed by atoms with E-state index in [1.54, 1.807) is 6.07 Å². The number of aliphatic carboxylic acids is 1. The molecule has 88 valence electrons. The van der Waals surface area contributed by atoms with Gasteiger partial charge in [0, 0.05) is 17.5 Å². The molecule has 0 fully saturated rings. The molecule has 0 radical (unpaired) electrons. The summed E-state index contributed by atoms with van der Waals surface area (Å²) in [6.45, 7) is 1.92. The van der Waals surface area contributed by atoms with Crippen molar-refractivity contribution in [2.24, 2.45) is 0 Å². The SMILES string of the molecule is Cc1ccc2cc(CC(O)C(=O)O)ccc2n1. The third kappa shape index (κ3) is 2.60. The molecule has 0 aliphatic carbocycles. The normalized spacial score (nSPS) is 12.6. The van der Waals surface area contributed by atoms with Gasteiger partial charge in [-0.2, -0.15) is 0 Å². The highest BCUT2D eigenvalue weighted by molar-refractivity contribution is 5.80. The summed E-state index contributed by atoms with van der Waals surface area (Å²) in [5, 5.41) is 18.9. The lowest BCUT2D eigenvalue weighted by molar-refractivity contribution is -0.146. The number of benzene rings is 1. The van der Waals surface area contributed by atoms with Gasteiger partial charge < -0.3 is 10.2 Å². The summed E-state index contributed by atoms with van der Waals surface area (Å²) >= 11 is 0. The Balaban J connectivity index is 2.32. The van der Waals surface area contributed by atoms with Crippen molar-refractivity contribution in [3.8, 4) is 0 Å². The number of aliphatic hydroxyl groups excluding tert-OH is 1. The summed E-state index contributed by atoms with van der Waals surface area (Å²) in [6, 6.07) is 9.33. The first-order chi connectivity index (χ1) is 8.06. The highest BCUT2D eigenvalue weighted by atomic mass is 16.4. The summed E-state index contributed by atoms with van der Waals surface area (Å²) in [7, 11) is 0. The van der Waals surface area contributed by atoms with Gasteiger partial charge in [-0.25, -0.2) is 4.79 Å². The van der Waals surface area contributed by atoms with Crippen molar-refractivity contribution in [2.75, 3.05) is 0 Å². The quantitative estimate of drug-likeness (QED) is 0.840. The van der Waals surface area contributed by atoms with E-state index in [9.17, 15) is 9.90 Å². The van der Waals surface area contributed by atoms with E-state index in [1.165, 1.54) is 0 Å². The molecule has 0 spiro atoms. The summed E-state index contributed by atoms with van der Waals surface area (Å²) in [6.07, 6.45) is -1.25. The summed E-state index contributed by atoms with van der Waals surface area (Å²) in [5.74, 6) is -1.20. The second-order valence-electron chi connectivity index (χ2n) is 4.04. The zero-order valence-corrected chi connectivity index (χ0v) is 9.42. The number of nitrogens with zero attached hydrogens (tertiary/aromatic N) is 1. The second-order valence-corrected chi connectivity index (χ2v) is 4.04. The smallest absolute Gasteiger partial charge is 0.332 e. The van der Waals surface area contributed by atoms with Gasteiger partial charge >= 0.3 is 5.97 Å². The van der Waals surface area contributed by atoms with Crippen LogP contribution in [0, 0.1) is 6.92 Å². The van der Waals surface area contributed by atoms with Gasteiger partial charge in [0.25, 0.3) is 0 Å². The summed E-state index contributed by atoms with van der Waals surface area (Å²) < 4.78 is 0. The van der Waals surface area contributed by atoms with E-state index in [4.69, 9.17) is 5.11 Å². The van der Waals surface area contributed by atoms with Crippen molar-refractivity contribution < 1.29 is 15.0 Å². The van der Waals surface area contributed by atoms with Crippen LogP contribution in [0.3, 0.4) is 0 Å². The number of rotatable bonds is 3. The number of carboxylic acids is 1. The minimum absolute atomic E-state index is 0.110.